The molecule has 0 spiro atoms. The summed E-state index contributed by atoms with van der Waals surface area (Å²) in [6.45, 7) is 6.32. The summed E-state index contributed by atoms with van der Waals surface area (Å²) in [5, 5.41) is 0. The van der Waals surface area contributed by atoms with Crippen LogP contribution in [0, 0.1) is 17.6 Å². The van der Waals surface area contributed by atoms with Crippen molar-refractivity contribution >= 4 is 5.57 Å². The summed E-state index contributed by atoms with van der Waals surface area (Å²) >= 11 is 0. The van der Waals surface area contributed by atoms with Crippen molar-refractivity contribution in [3.05, 3.63) is 150 Å². The second kappa shape index (κ2) is 9.93. The molecular formula is C30H26F2O. The van der Waals surface area contributed by atoms with Gasteiger partial charge in [0, 0.05) is 17.5 Å². The predicted octanol–water partition coefficient (Wildman–Crippen LogP) is 7.62. The molecule has 166 valence electrons. The Balaban J connectivity index is 1.75. The van der Waals surface area contributed by atoms with Gasteiger partial charge >= 0.3 is 0 Å². The van der Waals surface area contributed by atoms with Gasteiger partial charge in [0.25, 0.3) is 0 Å². The molecule has 0 bridgehead atoms. The first kappa shape index (κ1) is 22.6. The van der Waals surface area contributed by atoms with Crippen LogP contribution in [-0.2, 0) is 10.3 Å². The van der Waals surface area contributed by atoms with E-state index in [1.165, 1.54) is 12.1 Å². The van der Waals surface area contributed by atoms with Gasteiger partial charge in [-0.3, -0.25) is 0 Å². The summed E-state index contributed by atoms with van der Waals surface area (Å²) in [5.74, 6) is -1.43. The number of hydrogen-bond acceptors (Lipinski definition) is 1. The highest BCUT2D eigenvalue weighted by Crippen LogP contribution is 2.41. The quantitative estimate of drug-likeness (QED) is 0.256. The van der Waals surface area contributed by atoms with E-state index in [1.54, 1.807) is 0 Å². The highest BCUT2D eigenvalue weighted by molar-refractivity contribution is 5.65. The van der Waals surface area contributed by atoms with Crippen molar-refractivity contribution in [3.63, 3.8) is 0 Å². The minimum atomic E-state index is -0.861. The topological polar surface area (TPSA) is 9.23 Å². The fourth-order valence-electron chi connectivity index (χ4n) is 4.13. The van der Waals surface area contributed by atoms with E-state index in [-0.39, 0.29) is 12.5 Å². The Kier molecular flexibility index (Phi) is 6.81. The molecule has 0 radical (unpaired) electrons. The van der Waals surface area contributed by atoms with E-state index in [0.29, 0.717) is 11.1 Å². The van der Waals surface area contributed by atoms with E-state index >= 15 is 0 Å². The summed E-state index contributed by atoms with van der Waals surface area (Å²) < 4.78 is 34.6. The average Bonchev–Trinajstić information content (AvgIpc) is 2.86. The number of ether oxygens (including phenoxy) is 1. The van der Waals surface area contributed by atoms with Crippen LogP contribution in [0.15, 0.2) is 116 Å². The van der Waals surface area contributed by atoms with E-state index in [2.05, 4.69) is 43.0 Å². The first-order valence-corrected chi connectivity index (χ1v) is 11.0. The van der Waals surface area contributed by atoms with Crippen LogP contribution in [0.5, 0.6) is 0 Å². The van der Waals surface area contributed by atoms with Gasteiger partial charge in [-0.15, -0.1) is 0 Å². The maximum absolute atomic E-state index is 14.4. The molecular weight excluding hydrogens is 414 g/mol. The molecule has 0 aromatic heterocycles. The Hall–Kier alpha value is -3.56. The van der Waals surface area contributed by atoms with E-state index in [1.807, 2.05) is 61.5 Å². The molecule has 4 aromatic carbocycles. The molecule has 0 amide bonds. The van der Waals surface area contributed by atoms with Crippen LogP contribution in [0.25, 0.3) is 5.57 Å². The maximum atomic E-state index is 14.4. The summed E-state index contributed by atoms with van der Waals surface area (Å²) in [7, 11) is 0. The molecule has 0 aliphatic rings. The minimum absolute atomic E-state index is 0.208. The van der Waals surface area contributed by atoms with Gasteiger partial charge in [0.15, 0.2) is 0 Å². The largest absolute Gasteiger partial charge is 0.360 e. The van der Waals surface area contributed by atoms with Crippen LogP contribution in [0.4, 0.5) is 8.78 Å². The molecule has 0 unspecified atom stereocenters. The molecule has 1 atom stereocenters. The summed E-state index contributed by atoms with van der Waals surface area (Å²) in [5.41, 5.74) is 2.99. The molecule has 0 aliphatic heterocycles. The normalized spacial score (nSPS) is 12.3. The van der Waals surface area contributed by atoms with E-state index < -0.39 is 17.2 Å². The lowest BCUT2D eigenvalue weighted by Gasteiger charge is -2.37. The number of halogens is 2. The second-order valence-corrected chi connectivity index (χ2v) is 8.14. The number of hydrogen-bond donors (Lipinski definition) is 0. The van der Waals surface area contributed by atoms with Gasteiger partial charge in [0.05, 0.1) is 6.61 Å². The van der Waals surface area contributed by atoms with Gasteiger partial charge in [-0.05, 0) is 34.4 Å². The van der Waals surface area contributed by atoms with Gasteiger partial charge in [0.1, 0.15) is 17.2 Å². The molecule has 0 saturated carbocycles. The van der Waals surface area contributed by atoms with Crippen LogP contribution in [0.3, 0.4) is 0 Å². The third-order valence-corrected chi connectivity index (χ3v) is 5.96. The summed E-state index contributed by atoms with van der Waals surface area (Å²) in [6, 6.07) is 33.8. The first-order valence-electron chi connectivity index (χ1n) is 11.0. The highest BCUT2D eigenvalue weighted by atomic mass is 19.1. The van der Waals surface area contributed by atoms with Gasteiger partial charge < -0.3 is 4.74 Å². The van der Waals surface area contributed by atoms with Crippen LogP contribution in [-0.4, -0.2) is 6.61 Å². The monoisotopic (exact) mass is 440 g/mol. The van der Waals surface area contributed by atoms with Crippen LogP contribution >= 0.6 is 0 Å². The zero-order chi connectivity index (χ0) is 23.3. The Morgan fingerprint density at radius 3 is 1.64 bits per heavy atom. The van der Waals surface area contributed by atoms with Crippen molar-refractivity contribution in [3.8, 4) is 0 Å². The smallest absolute Gasteiger partial charge is 0.143 e. The fourth-order valence-corrected chi connectivity index (χ4v) is 4.13. The van der Waals surface area contributed by atoms with Crippen LogP contribution in [0.1, 0.15) is 29.2 Å². The van der Waals surface area contributed by atoms with E-state index in [4.69, 9.17) is 4.74 Å². The molecule has 0 aliphatic carbocycles. The van der Waals surface area contributed by atoms with Gasteiger partial charge in [-0.1, -0.05) is 104 Å². The van der Waals surface area contributed by atoms with Crippen molar-refractivity contribution in [2.75, 3.05) is 6.61 Å². The van der Waals surface area contributed by atoms with Crippen molar-refractivity contribution in [1.29, 1.82) is 0 Å². The van der Waals surface area contributed by atoms with Crippen molar-refractivity contribution in [2.45, 2.75) is 12.5 Å². The SMILES string of the molecule is C=C(c1ccc(F)cc1F)[C@@H](C)COC(c1ccccc1)(c1ccccc1)c1ccccc1. The fraction of sp³-hybridized carbons (Fsp3) is 0.133. The lowest BCUT2D eigenvalue weighted by atomic mass is 9.80. The number of benzene rings is 4. The number of rotatable bonds is 8. The standard InChI is InChI=1S/C30H26F2O/c1-22(23(2)28-19-18-27(31)20-29(28)32)21-33-30(24-12-6-3-7-13-24,25-14-8-4-9-15-25)26-16-10-5-11-17-26/h3-20,22H,2,21H2,1H3/t22-/m0/s1. The van der Waals surface area contributed by atoms with Gasteiger partial charge in [-0.2, -0.15) is 0 Å². The molecule has 0 fully saturated rings. The summed E-state index contributed by atoms with van der Waals surface area (Å²) in [4.78, 5) is 0. The molecule has 4 aromatic rings. The highest BCUT2D eigenvalue weighted by Gasteiger charge is 2.38. The van der Waals surface area contributed by atoms with Gasteiger partial charge in [-0.25, -0.2) is 8.78 Å². The Morgan fingerprint density at radius 2 is 1.21 bits per heavy atom. The Bertz CT molecular complexity index is 1110. The molecule has 1 nitrogen and oxygen atoms in total. The van der Waals surface area contributed by atoms with Crippen LogP contribution in [0.2, 0.25) is 0 Å². The zero-order valence-corrected chi connectivity index (χ0v) is 18.5. The molecule has 0 N–H and O–H groups in total. The lowest BCUT2D eigenvalue weighted by Crippen LogP contribution is -2.34. The second-order valence-electron chi connectivity index (χ2n) is 8.14. The van der Waals surface area contributed by atoms with Crippen molar-refractivity contribution in [1.82, 2.24) is 0 Å². The molecule has 0 heterocycles. The lowest BCUT2D eigenvalue weighted by molar-refractivity contribution is 0.00323. The van der Waals surface area contributed by atoms with Crippen LogP contribution < -0.4 is 0 Å². The molecule has 3 heteroatoms. The Morgan fingerprint density at radius 1 is 0.758 bits per heavy atom. The first-order chi connectivity index (χ1) is 16.0. The third-order valence-electron chi connectivity index (χ3n) is 5.96. The summed E-state index contributed by atoms with van der Waals surface area (Å²) in [6.07, 6.45) is 0. The third kappa shape index (κ3) is 4.64. The van der Waals surface area contributed by atoms with Gasteiger partial charge in [0.2, 0.25) is 0 Å². The Labute approximate surface area is 194 Å². The zero-order valence-electron chi connectivity index (χ0n) is 18.5. The van der Waals surface area contributed by atoms with E-state index in [0.717, 1.165) is 22.8 Å². The minimum Gasteiger partial charge on any atom is -0.360 e. The average molecular weight is 441 g/mol. The molecule has 33 heavy (non-hydrogen) atoms. The molecule has 4 rings (SSSR count). The van der Waals surface area contributed by atoms with Crippen molar-refractivity contribution < 1.29 is 13.5 Å². The maximum Gasteiger partial charge on any atom is 0.143 e. The van der Waals surface area contributed by atoms with E-state index in [9.17, 15) is 8.78 Å². The predicted molar refractivity (Wildman–Crippen MR) is 130 cm³/mol. The molecule has 0 saturated heterocycles. The van der Waals surface area contributed by atoms with Crippen molar-refractivity contribution in [2.24, 2.45) is 5.92 Å².